The zero-order chi connectivity index (χ0) is 14.6. The lowest BCUT2D eigenvalue weighted by molar-refractivity contribution is 0.0123. The number of anilines is 1. The first-order chi connectivity index (χ1) is 9.49. The lowest BCUT2D eigenvalue weighted by Crippen LogP contribution is -2.29. The van der Waals surface area contributed by atoms with Crippen LogP contribution in [0.5, 0.6) is 0 Å². The first-order valence-electron chi connectivity index (χ1n) is 6.96. The maximum atomic E-state index is 12.1. The quantitative estimate of drug-likeness (QED) is 0.812. The van der Waals surface area contributed by atoms with E-state index in [1.54, 1.807) is 12.1 Å². The molecule has 1 fully saturated rings. The van der Waals surface area contributed by atoms with E-state index in [0.717, 1.165) is 31.4 Å². The Kier molecular flexibility index (Phi) is 5.01. The second-order valence-corrected chi connectivity index (χ2v) is 6.96. The van der Waals surface area contributed by atoms with Gasteiger partial charge in [-0.25, -0.2) is 13.1 Å². The lowest BCUT2D eigenvalue weighted by atomic mass is 10.1. The van der Waals surface area contributed by atoms with Crippen LogP contribution in [0.25, 0.3) is 0 Å². The van der Waals surface area contributed by atoms with Gasteiger partial charge in [0, 0.05) is 18.8 Å². The first kappa shape index (κ1) is 15.3. The summed E-state index contributed by atoms with van der Waals surface area (Å²) >= 11 is 0. The number of rotatable bonds is 5. The number of nitrogens with one attached hydrogen (secondary N) is 1. The van der Waals surface area contributed by atoms with E-state index >= 15 is 0 Å². The van der Waals surface area contributed by atoms with Crippen molar-refractivity contribution in [1.29, 1.82) is 0 Å². The molecule has 0 aliphatic carbocycles. The topological polar surface area (TPSA) is 81.4 Å². The molecule has 0 bridgehead atoms. The molecule has 1 heterocycles. The van der Waals surface area contributed by atoms with E-state index in [1.807, 2.05) is 6.92 Å². The summed E-state index contributed by atoms with van der Waals surface area (Å²) in [7, 11) is -3.49. The average molecular weight is 298 g/mol. The van der Waals surface area contributed by atoms with E-state index in [9.17, 15) is 8.42 Å². The highest BCUT2D eigenvalue weighted by atomic mass is 32.2. The summed E-state index contributed by atoms with van der Waals surface area (Å²) in [6.45, 7) is 3.02. The number of ether oxygens (including phenoxy) is 1. The Morgan fingerprint density at radius 1 is 1.40 bits per heavy atom. The highest BCUT2D eigenvalue weighted by Gasteiger charge is 2.17. The monoisotopic (exact) mass is 298 g/mol. The Balaban J connectivity index is 1.91. The fourth-order valence-corrected chi connectivity index (χ4v) is 3.34. The van der Waals surface area contributed by atoms with Gasteiger partial charge in [0.1, 0.15) is 0 Å². The molecule has 0 saturated carbocycles. The van der Waals surface area contributed by atoms with Crippen molar-refractivity contribution in [1.82, 2.24) is 4.72 Å². The van der Waals surface area contributed by atoms with Gasteiger partial charge in [0.15, 0.2) is 0 Å². The number of hydrogen-bond acceptors (Lipinski definition) is 4. The molecule has 2 rings (SSSR count). The second-order valence-electron chi connectivity index (χ2n) is 5.19. The van der Waals surface area contributed by atoms with Crippen LogP contribution in [0.15, 0.2) is 23.1 Å². The van der Waals surface area contributed by atoms with Crippen LogP contribution in [0.4, 0.5) is 5.69 Å². The molecule has 1 unspecified atom stereocenters. The van der Waals surface area contributed by atoms with Crippen molar-refractivity contribution in [3.05, 3.63) is 23.8 Å². The van der Waals surface area contributed by atoms with E-state index in [1.165, 1.54) is 6.07 Å². The van der Waals surface area contributed by atoms with Crippen LogP contribution in [0.2, 0.25) is 0 Å². The molecular formula is C14H22N2O3S. The van der Waals surface area contributed by atoms with Gasteiger partial charge in [0.05, 0.1) is 11.0 Å². The van der Waals surface area contributed by atoms with E-state index in [-0.39, 0.29) is 11.0 Å². The molecule has 0 radical (unpaired) electrons. The third-order valence-corrected chi connectivity index (χ3v) is 5.05. The average Bonchev–Trinajstić information content (AvgIpc) is 2.43. The molecule has 112 valence electrons. The van der Waals surface area contributed by atoms with Crippen LogP contribution in [0, 0.1) is 6.92 Å². The third-order valence-electron chi connectivity index (χ3n) is 3.59. The summed E-state index contributed by atoms with van der Waals surface area (Å²) in [5.41, 5.74) is 7.11. The molecule has 1 atom stereocenters. The number of nitrogens with two attached hydrogens (primary N) is 1. The second kappa shape index (κ2) is 6.56. The Hall–Kier alpha value is -1.11. The van der Waals surface area contributed by atoms with Crippen molar-refractivity contribution < 1.29 is 13.2 Å². The molecule has 1 aliphatic rings. The van der Waals surface area contributed by atoms with E-state index < -0.39 is 10.0 Å². The predicted octanol–water partition coefficient (Wildman–Crippen LogP) is 1.81. The van der Waals surface area contributed by atoms with Crippen LogP contribution >= 0.6 is 0 Å². The van der Waals surface area contributed by atoms with Crippen molar-refractivity contribution in [3.63, 3.8) is 0 Å². The van der Waals surface area contributed by atoms with Gasteiger partial charge in [-0.2, -0.15) is 0 Å². The maximum absolute atomic E-state index is 12.1. The number of hydrogen-bond donors (Lipinski definition) is 2. The summed E-state index contributed by atoms with van der Waals surface area (Å²) in [4.78, 5) is 0.213. The standard InChI is InChI=1S/C14H22N2O3S/c1-11-5-6-13(10-14(11)15)20(17,18)16-8-7-12-4-2-3-9-19-12/h5-6,10,12,16H,2-4,7-9,15H2,1H3. The fraction of sp³-hybridized carbons (Fsp3) is 0.571. The van der Waals surface area contributed by atoms with Crippen LogP contribution < -0.4 is 10.5 Å². The minimum atomic E-state index is -3.49. The smallest absolute Gasteiger partial charge is 0.240 e. The molecule has 1 aromatic rings. The van der Waals surface area contributed by atoms with E-state index in [2.05, 4.69) is 4.72 Å². The van der Waals surface area contributed by atoms with Crippen molar-refractivity contribution in [2.45, 2.75) is 43.6 Å². The van der Waals surface area contributed by atoms with Crippen LogP contribution in [0.1, 0.15) is 31.2 Å². The largest absolute Gasteiger partial charge is 0.398 e. The molecule has 1 aliphatic heterocycles. The van der Waals surface area contributed by atoms with E-state index in [0.29, 0.717) is 18.7 Å². The Bertz CT molecular complexity index is 552. The Morgan fingerprint density at radius 2 is 2.20 bits per heavy atom. The van der Waals surface area contributed by atoms with E-state index in [4.69, 9.17) is 10.5 Å². The molecule has 1 aromatic carbocycles. The zero-order valence-electron chi connectivity index (χ0n) is 11.8. The molecule has 0 amide bonds. The highest BCUT2D eigenvalue weighted by Crippen LogP contribution is 2.18. The summed E-state index contributed by atoms with van der Waals surface area (Å²) in [5, 5.41) is 0. The van der Waals surface area contributed by atoms with Gasteiger partial charge in [0.2, 0.25) is 10.0 Å². The molecule has 5 nitrogen and oxygen atoms in total. The molecular weight excluding hydrogens is 276 g/mol. The summed E-state index contributed by atoms with van der Waals surface area (Å²) in [6.07, 6.45) is 4.16. The van der Waals surface area contributed by atoms with Gasteiger partial charge >= 0.3 is 0 Å². The minimum absolute atomic E-state index is 0.175. The van der Waals surface area contributed by atoms with Gasteiger partial charge in [-0.1, -0.05) is 6.07 Å². The van der Waals surface area contributed by atoms with Crippen molar-refractivity contribution >= 4 is 15.7 Å². The van der Waals surface area contributed by atoms with Crippen LogP contribution in [-0.2, 0) is 14.8 Å². The van der Waals surface area contributed by atoms with Gasteiger partial charge in [-0.3, -0.25) is 0 Å². The van der Waals surface area contributed by atoms with Crippen LogP contribution in [-0.4, -0.2) is 27.7 Å². The van der Waals surface area contributed by atoms with Crippen LogP contribution in [0.3, 0.4) is 0 Å². The molecule has 1 saturated heterocycles. The van der Waals surface area contributed by atoms with Crippen molar-refractivity contribution in [2.75, 3.05) is 18.9 Å². The Labute approximate surface area is 120 Å². The van der Waals surface area contributed by atoms with Crippen molar-refractivity contribution in [3.8, 4) is 0 Å². The molecule has 0 spiro atoms. The number of benzene rings is 1. The minimum Gasteiger partial charge on any atom is -0.398 e. The fourth-order valence-electron chi connectivity index (χ4n) is 2.26. The number of sulfonamides is 1. The third kappa shape index (κ3) is 3.94. The molecule has 20 heavy (non-hydrogen) atoms. The first-order valence-corrected chi connectivity index (χ1v) is 8.45. The van der Waals surface area contributed by atoms with Gasteiger partial charge in [0.25, 0.3) is 0 Å². The van der Waals surface area contributed by atoms with Crippen molar-refractivity contribution in [2.24, 2.45) is 0 Å². The SMILES string of the molecule is Cc1ccc(S(=O)(=O)NCCC2CCCCO2)cc1N. The predicted molar refractivity (Wildman–Crippen MR) is 79.0 cm³/mol. The number of aryl methyl sites for hydroxylation is 1. The van der Waals surface area contributed by atoms with Gasteiger partial charge in [-0.15, -0.1) is 0 Å². The summed E-state index contributed by atoms with van der Waals surface area (Å²) < 4.78 is 32.4. The summed E-state index contributed by atoms with van der Waals surface area (Å²) in [6, 6.07) is 4.79. The molecule has 6 heteroatoms. The summed E-state index contributed by atoms with van der Waals surface area (Å²) in [5.74, 6) is 0. The normalized spacial score (nSPS) is 19.9. The Morgan fingerprint density at radius 3 is 2.85 bits per heavy atom. The zero-order valence-corrected chi connectivity index (χ0v) is 12.6. The molecule has 0 aromatic heterocycles. The number of nitrogen functional groups attached to an aromatic ring is 1. The van der Waals surface area contributed by atoms with Gasteiger partial charge < -0.3 is 10.5 Å². The highest BCUT2D eigenvalue weighted by molar-refractivity contribution is 7.89. The molecule has 3 N–H and O–H groups in total. The maximum Gasteiger partial charge on any atom is 0.240 e. The van der Waals surface area contributed by atoms with Gasteiger partial charge in [-0.05, 0) is 50.3 Å². The lowest BCUT2D eigenvalue weighted by Gasteiger charge is -2.22.